The van der Waals surface area contributed by atoms with E-state index in [1.807, 2.05) is 20.8 Å². The fraction of sp³-hybridized carbons (Fsp3) is 0.900. The summed E-state index contributed by atoms with van der Waals surface area (Å²) in [5.41, 5.74) is -0.379. The molecule has 0 radical (unpaired) electrons. The molecular formula is C10H20O4. The van der Waals surface area contributed by atoms with Gasteiger partial charge in [0, 0.05) is 0 Å². The smallest absolute Gasteiger partial charge is 0.308 e. The molecule has 14 heavy (non-hydrogen) atoms. The van der Waals surface area contributed by atoms with Gasteiger partial charge in [-0.25, -0.2) is 0 Å². The van der Waals surface area contributed by atoms with Gasteiger partial charge in [0.2, 0.25) is 0 Å². The molecule has 0 aliphatic rings. The van der Waals surface area contributed by atoms with E-state index in [0.717, 1.165) is 0 Å². The topological polar surface area (TPSA) is 55.8 Å². The van der Waals surface area contributed by atoms with Gasteiger partial charge in [-0.15, -0.1) is 0 Å². The largest absolute Gasteiger partial charge is 0.469 e. The highest BCUT2D eigenvalue weighted by Crippen LogP contribution is 2.16. The minimum absolute atomic E-state index is 0.0748. The van der Waals surface area contributed by atoms with Crippen LogP contribution < -0.4 is 0 Å². The first-order valence-electron chi connectivity index (χ1n) is 4.69. The van der Waals surface area contributed by atoms with Crippen LogP contribution in [0, 0.1) is 0 Å². The van der Waals surface area contributed by atoms with Crippen molar-refractivity contribution in [1.29, 1.82) is 0 Å². The maximum absolute atomic E-state index is 11.0. The predicted molar refractivity (Wildman–Crippen MR) is 52.9 cm³/mol. The third-order valence-corrected chi connectivity index (χ3v) is 1.64. The molecular weight excluding hydrogens is 184 g/mol. The maximum atomic E-state index is 11.0. The van der Waals surface area contributed by atoms with E-state index < -0.39 is 12.2 Å². The summed E-state index contributed by atoms with van der Waals surface area (Å²) >= 11 is 0. The standard InChI is InChI=1S/C10H20O4/c1-7(11)8(6-9(12)13-5)14-10(2,3)4/h7-8,11H,6H2,1-5H3. The molecule has 4 nitrogen and oxygen atoms in total. The second-order valence-corrected chi connectivity index (χ2v) is 4.29. The lowest BCUT2D eigenvalue weighted by Gasteiger charge is -2.28. The van der Waals surface area contributed by atoms with Crippen LogP contribution in [0.5, 0.6) is 0 Å². The SMILES string of the molecule is COC(=O)CC(OC(C)(C)C)C(C)O. The number of aliphatic hydroxyl groups excluding tert-OH is 1. The van der Waals surface area contributed by atoms with E-state index in [-0.39, 0.29) is 18.0 Å². The number of aliphatic hydroxyl groups is 1. The van der Waals surface area contributed by atoms with Crippen molar-refractivity contribution >= 4 is 5.97 Å². The fourth-order valence-corrected chi connectivity index (χ4v) is 1.01. The molecule has 4 heteroatoms. The van der Waals surface area contributed by atoms with Crippen LogP contribution in [0.15, 0.2) is 0 Å². The Morgan fingerprint density at radius 1 is 1.43 bits per heavy atom. The van der Waals surface area contributed by atoms with Crippen molar-refractivity contribution in [3.63, 3.8) is 0 Å². The highest BCUT2D eigenvalue weighted by Gasteiger charge is 2.25. The van der Waals surface area contributed by atoms with Crippen molar-refractivity contribution in [2.45, 2.75) is 51.9 Å². The van der Waals surface area contributed by atoms with Gasteiger partial charge in [0.1, 0.15) is 0 Å². The van der Waals surface area contributed by atoms with Crippen molar-refractivity contribution < 1.29 is 19.4 Å². The van der Waals surface area contributed by atoms with Gasteiger partial charge in [-0.2, -0.15) is 0 Å². The first-order chi connectivity index (χ1) is 6.26. The van der Waals surface area contributed by atoms with Crippen molar-refractivity contribution in [1.82, 2.24) is 0 Å². The summed E-state index contributed by atoms with van der Waals surface area (Å²) in [5, 5.41) is 9.39. The Kier molecular flexibility index (Phi) is 5.08. The Hall–Kier alpha value is -0.610. The van der Waals surface area contributed by atoms with E-state index in [9.17, 15) is 9.90 Å². The number of ether oxygens (including phenoxy) is 2. The van der Waals surface area contributed by atoms with E-state index in [1.54, 1.807) is 6.92 Å². The number of hydrogen-bond donors (Lipinski definition) is 1. The zero-order chi connectivity index (χ0) is 11.4. The molecule has 0 aromatic heterocycles. The minimum Gasteiger partial charge on any atom is -0.469 e. The molecule has 84 valence electrons. The summed E-state index contributed by atoms with van der Waals surface area (Å²) in [6, 6.07) is 0. The van der Waals surface area contributed by atoms with Crippen molar-refractivity contribution in [3.05, 3.63) is 0 Å². The van der Waals surface area contributed by atoms with Gasteiger partial charge in [-0.3, -0.25) is 4.79 Å². The van der Waals surface area contributed by atoms with Gasteiger partial charge in [0.05, 0.1) is 31.3 Å². The molecule has 0 fully saturated rings. The fourth-order valence-electron chi connectivity index (χ4n) is 1.01. The summed E-state index contributed by atoms with van der Waals surface area (Å²) in [5.74, 6) is -0.375. The predicted octanol–water partition coefficient (Wildman–Crippen LogP) is 1.11. The first kappa shape index (κ1) is 13.4. The van der Waals surface area contributed by atoms with Gasteiger partial charge in [-0.1, -0.05) is 0 Å². The zero-order valence-electron chi connectivity index (χ0n) is 9.53. The van der Waals surface area contributed by atoms with E-state index >= 15 is 0 Å². The molecule has 0 aromatic rings. The van der Waals surface area contributed by atoms with E-state index in [2.05, 4.69) is 4.74 Å². The van der Waals surface area contributed by atoms with Crippen molar-refractivity contribution in [2.75, 3.05) is 7.11 Å². The molecule has 2 atom stereocenters. The normalized spacial score (nSPS) is 16.1. The second-order valence-electron chi connectivity index (χ2n) is 4.29. The summed E-state index contributed by atoms with van der Waals surface area (Å²) in [4.78, 5) is 11.0. The van der Waals surface area contributed by atoms with Gasteiger partial charge < -0.3 is 14.6 Å². The Labute approximate surface area is 85.2 Å². The summed E-state index contributed by atoms with van der Waals surface area (Å²) in [6.07, 6.45) is -1.12. The Bertz CT molecular complexity index is 181. The van der Waals surface area contributed by atoms with E-state index in [4.69, 9.17) is 4.74 Å². The molecule has 0 aliphatic carbocycles. The van der Waals surface area contributed by atoms with Crippen LogP contribution in [0.2, 0.25) is 0 Å². The van der Waals surface area contributed by atoms with E-state index in [0.29, 0.717) is 0 Å². The Balaban J connectivity index is 4.24. The third-order valence-electron chi connectivity index (χ3n) is 1.64. The molecule has 1 N–H and O–H groups in total. The number of hydrogen-bond acceptors (Lipinski definition) is 4. The highest BCUT2D eigenvalue weighted by molar-refractivity contribution is 5.69. The van der Waals surface area contributed by atoms with Crippen molar-refractivity contribution in [3.8, 4) is 0 Å². The maximum Gasteiger partial charge on any atom is 0.308 e. The monoisotopic (exact) mass is 204 g/mol. The van der Waals surface area contributed by atoms with Gasteiger partial charge >= 0.3 is 5.97 Å². The average molecular weight is 204 g/mol. The van der Waals surface area contributed by atoms with Crippen molar-refractivity contribution in [2.24, 2.45) is 0 Å². The first-order valence-corrected chi connectivity index (χ1v) is 4.69. The van der Waals surface area contributed by atoms with Crippen LogP contribution in [0.4, 0.5) is 0 Å². The van der Waals surface area contributed by atoms with Crippen LogP contribution in [0.1, 0.15) is 34.1 Å². The molecule has 0 spiro atoms. The zero-order valence-corrected chi connectivity index (χ0v) is 9.53. The van der Waals surface area contributed by atoms with Gasteiger partial charge in [0.25, 0.3) is 0 Å². The van der Waals surface area contributed by atoms with Gasteiger partial charge in [0.15, 0.2) is 0 Å². The number of esters is 1. The van der Waals surface area contributed by atoms with Crippen LogP contribution in [-0.4, -0.2) is 36.0 Å². The number of methoxy groups -OCH3 is 1. The summed E-state index contributed by atoms with van der Waals surface area (Å²) in [6.45, 7) is 7.22. The van der Waals surface area contributed by atoms with Crippen LogP contribution >= 0.6 is 0 Å². The van der Waals surface area contributed by atoms with Crippen LogP contribution in [0.25, 0.3) is 0 Å². The molecule has 0 aliphatic heterocycles. The number of carbonyl (C=O) groups is 1. The van der Waals surface area contributed by atoms with E-state index in [1.165, 1.54) is 7.11 Å². The lowest BCUT2D eigenvalue weighted by molar-refractivity contribution is -0.153. The third kappa shape index (κ3) is 5.94. The Morgan fingerprint density at radius 3 is 2.21 bits per heavy atom. The Morgan fingerprint density at radius 2 is 1.93 bits per heavy atom. The molecule has 0 saturated carbocycles. The highest BCUT2D eigenvalue weighted by atomic mass is 16.5. The lowest BCUT2D eigenvalue weighted by atomic mass is 10.1. The quantitative estimate of drug-likeness (QED) is 0.697. The minimum atomic E-state index is -0.687. The van der Waals surface area contributed by atoms with Crippen LogP contribution in [0.3, 0.4) is 0 Å². The molecule has 0 bridgehead atoms. The molecule has 2 unspecified atom stereocenters. The molecule has 0 saturated heterocycles. The number of rotatable bonds is 4. The average Bonchev–Trinajstić information content (AvgIpc) is 2.00. The van der Waals surface area contributed by atoms with Gasteiger partial charge in [-0.05, 0) is 27.7 Å². The molecule has 0 rings (SSSR count). The second kappa shape index (κ2) is 5.32. The summed E-state index contributed by atoms with van der Waals surface area (Å²) < 4.78 is 10.0. The number of carbonyl (C=O) groups excluding carboxylic acids is 1. The lowest BCUT2D eigenvalue weighted by Crippen LogP contribution is -2.36. The molecule has 0 amide bonds. The van der Waals surface area contributed by atoms with Crippen LogP contribution in [-0.2, 0) is 14.3 Å². The summed E-state index contributed by atoms with van der Waals surface area (Å²) in [7, 11) is 1.32. The molecule has 0 aromatic carbocycles. The molecule has 0 heterocycles.